The van der Waals surface area contributed by atoms with E-state index in [2.05, 4.69) is 5.32 Å². The number of benzene rings is 1. The van der Waals surface area contributed by atoms with Crippen LogP contribution in [-0.4, -0.2) is 11.7 Å². The molecule has 94 valence electrons. The van der Waals surface area contributed by atoms with Crippen LogP contribution in [-0.2, 0) is 9.59 Å². The molecule has 0 bridgehead atoms. The fourth-order valence-corrected chi connectivity index (χ4v) is 1.77. The number of amides is 1. The van der Waals surface area contributed by atoms with E-state index in [1.807, 2.05) is 13.0 Å². The lowest BCUT2D eigenvalue weighted by atomic mass is 10.0. The van der Waals surface area contributed by atoms with E-state index in [9.17, 15) is 9.59 Å². The van der Waals surface area contributed by atoms with Gasteiger partial charge in [0.05, 0.1) is 11.3 Å². The molecule has 1 amide bonds. The first-order chi connectivity index (χ1) is 8.52. The molecule has 0 saturated heterocycles. The average Bonchev–Trinajstić information content (AvgIpc) is 2.28. The van der Waals surface area contributed by atoms with Crippen molar-refractivity contribution in [2.75, 3.05) is 5.32 Å². The summed E-state index contributed by atoms with van der Waals surface area (Å²) in [5.41, 5.74) is 0.949. The van der Waals surface area contributed by atoms with Crippen LogP contribution in [0.3, 0.4) is 0 Å². The average molecular weight is 244 g/mol. The van der Waals surface area contributed by atoms with E-state index in [4.69, 9.17) is 5.26 Å². The molecule has 1 rings (SSSR count). The normalized spacial score (nSPS) is 11.4. The minimum absolute atomic E-state index is 0.0109. The fourth-order valence-electron chi connectivity index (χ4n) is 1.77. The SMILES string of the molecule is CC(=O)CC(C)CC(=O)Nc1ccccc1C#N. The van der Waals surface area contributed by atoms with Gasteiger partial charge in [-0.3, -0.25) is 4.79 Å². The maximum atomic E-state index is 11.7. The van der Waals surface area contributed by atoms with Crippen LogP contribution in [0, 0.1) is 17.2 Å². The Hall–Kier alpha value is -2.15. The third kappa shape index (κ3) is 4.38. The Labute approximate surface area is 107 Å². The van der Waals surface area contributed by atoms with Gasteiger partial charge in [0.2, 0.25) is 5.91 Å². The Balaban J connectivity index is 2.60. The van der Waals surface area contributed by atoms with E-state index in [0.717, 1.165) is 0 Å². The molecule has 1 aromatic rings. The van der Waals surface area contributed by atoms with Crippen molar-refractivity contribution >= 4 is 17.4 Å². The van der Waals surface area contributed by atoms with Crippen molar-refractivity contribution in [2.45, 2.75) is 26.7 Å². The zero-order valence-corrected chi connectivity index (χ0v) is 10.6. The van der Waals surface area contributed by atoms with Gasteiger partial charge >= 0.3 is 0 Å². The van der Waals surface area contributed by atoms with Crippen LogP contribution >= 0.6 is 0 Å². The summed E-state index contributed by atoms with van der Waals surface area (Å²) < 4.78 is 0. The number of Topliss-reactive ketones (excluding diaryl/α,β-unsaturated/α-hetero) is 1. The number of nitrogens with one attached hydrogen (secondary N) is 1. The van der Waals surface area contributed by atoms with E-state index in [-0.39, 0.29) is 24.0 Å². The molecule has 0 radical (unpaired) electrons. The summed E-state index contributed by atoms with van der Waals surface area (Å²) >= 11 is 0. The molecular weight excluding hydrogens is 228 g/mol. The maximum absolute atomic E-state index is 11.7. The Morgan fingerprint density at radius 2 is 2.00 bits per heavy atom. The largest absolute Gasteiger partial charge is 0.325 e. The summed E-state index contributed by atoms with van der Waals surface area (Å²) in [7, 11) is 0. The lowest BCUT2D eigenvalue weighted by molar-refractivity contribution is -0.119. The highest BCUT2D eigenvalue weighted by molar-refractivity contribution is 5.92. The molecule has 4 nitrogen and oxygen atoms in total. The van der Waals surface area contributed by atoms with Gasteiger partial charge in [0, 0.05) is 12.8 Å². The summed E-state index contributed by atoms with van der Waals surface area (Å²) in [4.78, 5) is 22.7. The number of nitriles is 1. The van der Waals surface area contributed by atoms with Crippen LogP contribution in [0.4, 0.5) is 5.69 Å². The van der Waals surface area contributed by atoms with Gasteiger partial charge in [-0.2, -0.15) is 5.26 Å². The van der Waals surface area contributed by atoms with Gasteiger partial charge in [-0.15, -0.1) is 0 Å². The van der Waals surface area contributed by atoms with Gasteiger partial charge in [0.1, 0.15) is 11.9 Å². The standard InChI is InChI=1S/C14H16N2O2/c1-10(7-11(2)17)8-14(18)16-13-6-4-3-5-12(13)9-15/h3-6,10H,7-8H2,1-2H3,(H,16,18). The van der Waals surface area contributed by atoms with Crippen LogP contribution in [0.2, 0.25) is 0 Å². The molecule has 0 aliphatic carbocycles. The molecule has 1 unspecified atom stereocenters. The molecule has 18 heavy (non-hydrogen) atoms. The minimum atomic E-state index is -0.175. The Morgan fingerprint density at radius 1 is 1.33 bits per heavy atom. The first kappa shape index (κ1) is 13.9. The number of carbonyl (C=O) groups excluding carboxylic acids is 2. The highest BCUT2D eigenvalue weighted by Crippen LogP contribution is 2.15. The minimum Gasteiger partial charge on any atom is -0.325 e. The quantitative estimate of drug-likeness (QED) is 0.865. The second kappa shape index (κ2) is 6.55. The number of hydrogen-bond acceptors (Lipinski definition) is 3. The monoisotopic (exact) mass is 244 g/mol. The summed E-state index contributed by atoms with van der Waals surface area (Å²) in [5, 5.41) is 11.6. The number of hydrogen-bond donors (Lipinski definition) is 1. The molecule has 1 atom stereocenters. The molecule has 0 spiro atoms. The lowest BCUT2D eigenvalue weighted by Crippen LogP contribution is -2.17. The van der Waals surface area contributed by atoms with Crippen molar-refractivity contribution in [3.8, 4) is 6.07 Å². The second-order valence-corrected chi connectivity index (χ2v) is 4.42. The topological polar surface area (TPSA) is 70.0 Å². The molecule has 1 aromatic carbocycles. The first-order valence-corrected chi connectivity index (χ1v) is 5.81. The van der Waals surface area contributed by atoms with E-state index < -0.39 is 0 Å². The van der Waals surface area contributed by atoms with Crippen LogP contribution in [0.1, 0.15) is 32.3 Å². The Kier molecular flexibility index (Phi) is 5.06. The van der Waals surface area contributed by atoms with Gasteiger partial charge in [0.15, 0.2) is 0 Å². The molecular formula is C14H16N2O2. The zero-order valence-electron chi connectivity index (χ0n) is 10.6. The number of rotatable bonds is 5. The van der Waals surface area contributed by atoms with E-state index >= 15 is 0 Å². The molecule has 0 saturated carbocycles. The highest BCUT2D eigenvalue weighted by atomic mass is 16.1. The zero-order chi connectivity index (χ0) is 13.5. The Morgan fingerprint density at radius 3 is 2.61 bits per heavy atom. The number of carbonyl (C=O) groups is 2. The lowest BCUT2D eigenvalue weighted by Gasteiger charge is -2.10. The molecule has 0 aliphatic rings. The third-order valence-electron chi connectivity index (χ3n) is 2.49. The summed E-state index contributed by atoms with van der Waals surface area (Å²) in [6.07, 6.45) is 0.673. The van der Waals surface area contributed by atoms with Crippen LogP contribution < -0.4 is 5.32 Å². The van der Waals surface area contributed by atoms with E-state index in [1.165, 1.54) is 6.92 Å². The van der Waals surface area contributed by atoms with Gasteiger partial charge in [0.25, 0.3) is 0 Å². The molecule has 0 heterocycles. The van der Waals surface area contributed by atoms with Crippen LogP contribution in [0.25, 0.3) is 0 Å². The van der Waals surface area contributed by atoms with Gasteiger partial charge < -0.3 is 10.1 Å². The van der Waals surface area contributed by atoms with Gasteiger partial charge in [-0.1, -0.05) is 19.1 Å². The predicted molar refractivity (Wildman–Crippen MR) is 68.9 cm³/mol. The smallest absolute Gasteiger partial charge is 0.224 e. The van der Waals surface area contributed by atoms with E-state index in [0.29, 0.717) is 17.7 Å². The van der Waals surface area contributed by atoms with Gasteiger partial charge in [-0.05, 0) is 25.0 Å². The highest BCUT2D eigenvalue weighted by Gasteiger charge is 2.12. The summed E-state index contributed by atoms with van der Waals surface area (Å²) in [6.45, 7) is 3.37. The van der Waals surface area contributed by atoms with Crippen molar-refractivity contribution in [3.63, 3.8) is 0 Å². The number of anilines is 1. The number of para-hydroxylation sites is 1. The third-order valence-corrected chi connectivity index (χ3v) is 2.49. The first-order valence-electron chi connectivity index (χ1n) is 5.81. The fraction of sp³-hybridized carbons (Fsp3) is 0.357. The maximum Gasteiger partial charge on any atom is 0.224 e. The summed E-state index contributed by atoms with van der Waals surface area (Å²) in [5.74, 6) is -0.0871. The number of nitrogens with zero attached hydrogens (tertiary/aromatic N) is 1. The molecule has 4 heteroatoms. The van der Waals surface area contributed by atoms with Crippen molar-refractivity contribution in [1.29, 1.82) is 5.26 Å². The van der Waals surface area contributed by atoms with Gasteiger partial charge in [-0.25, -0.2) is 0 Å². The predicted octanol–water partition coefficient (Wildman–Crippen LogP) is 2.50. The van der Waals surface area contributed by atoms with Crippen molar-refractivity contribution in [1.82, 2.24) is 0 Å². The van der Waals surface area contributed by atoms with Crippen LogP contribution in [0.5, 0.6) is 0 Å². The molecule has 0 aliphatic heterocycles. The number of ketones is 1. The summed E-state index contributed by atoms with van der Waals surface area (Å²) in [6, 6.07) is 8.85. The molecule has 0 aromatic heterocycles. The Bertz CT molecular complexity index is 489. The van der Waals surface area contributed by atoms with Crippen LogP contribution in [0.15, 0.2) is 24.3 Å². The van der Waals surface area contributed by atoms with Crippen molar-refractivity contribution in [3.05, 3.63) is 29.8 Å². The second-order valence-electron chi connectivity index (χ2n) is 4.42. The molecule has 0 fully saturated rings. The van der Waals surface area contributed by atoms with Crippen molar-refractivity contribution < 1.29 is 9.59 Å². The molecule has 1 N–H and O–H groups in total. The van der Waals surface area contributed by atoms with E-state index in [1.54, 1.807) is 24.3 Å². The van der Waals surface area contributed by atoms with Crippen molar-refractivity contribution in [2.24, 2.45) is 5.92 Å².